The summed E-state index contributed by atoms with van der Waals surface area (Å²) >= 11 is 0. The van der Waals surface area contributed by atoms with Crippen LogP contribution in [0.5, 0.6) is 0 Å². The van der Waals surface area contributed by atoms with Gasteiger partial charge >= 0.3 is 0 Å². The van der Waals surface area contributed by atoms with E-state index in [0.29, 0.717) is 17.8 Å². The zero-order chi connectivity index (χ0) is 28.3. The molecule has 0 bridgehead atoms. The Morgan fingerprint density at radius 3 is 1.40 bits per heavy atom. The van der Waals surface area contributed by atoms with Gasteiger partial charge in [-0.05, 0) is 79.2 Å². The lowest BCUT2D eigenvalue weighted by atomic mass is 10.0. The van der Waals surface area contributed by atoms with Crippen LogP contribution in [0, 0.1) is 0 Å². The van der Waals surface area contributed by atoms with E-state index in [1.807, 2.05) is 0 Å². The van der Waals surface area contributed by atoms with Gasteiger partial charge < -0.3 is 0 Å². The standard InChI is InChI=1S/C39H44Si/c1-28(2)32-16-10-20-36(25-32)40(37-21-11-17-33(26-37)29(3)4,38-22-12-18-34(27-38)30(5)6)39-23-13-19-35(39)24-31-14-8-7-9-15-31/h7-12,14-23,25-30H,13,24H2,1-6H3. The number of allylic oxidation sites excluding steroid dienone is 4. The minimum atomic E-state index is -2.65. The Kier molecular flexibility index (Phi) is 8.42. The highest BCUT2D eigenvalue weighted by Crippen LogP contribution is 2.33. The molecule has 0 N–H and O–H groups in total. The molecule has 0 saturated carbocycles. The second kappa shape index (κ2) is 12.0. The van der Waals surface area contributed by atoms with Gasteiger partial charge in [0, 0.05) is 0 Å². The number of rotatable bonds is 9. The van der Waals surface area contributed by atoms with E-state index >= 15 is 0 Å². The van der Waals surface area contributed by atoms with E-state index in [0.717, 1.165) is 12.8 Å². The van der Waals surface area contributed by atoms with Crippen LogP contribution in [0.4, 0.5) is 0 Å². The van der Waals surface area contributed by atoms with E-state index in [-0.39, 0.29) is 0 Å². The molecule has 1 aliphatic rings. The van der Waals surface area contributed by atoms with Crippen molar-refractivity contribution in [1.82, 2.24) is 0 Å². The van der Waals surface area contributed by atoms with Gasteiger partial charge in [0.1, 0.15) is 0 Å². The van der Waals surface area contributed by atoms with Gasteiger partial charge in [-0.25, -0.2) is 0 Å². The molecule has 0 fully saturated rings. The molecular weight excluding hydrogens is 497 g/mol. The molecule has 0 nitrogen and oxygen atoms in total. The quantitative estimate of drug-likeness (QED) is 0.147. The summed E-state index contributed by atoms with van der Waals surface area (Å²) in [6.45, 7) is 13.9. The maximum absolute atomic E-state index is 2.65. The van der Waals surface area contributed by atoms with Crippen molar-refractivity contribution in [2.24, 2.45) is 0 Å². The molecule has 0 aromatic heterocycles. The highest BCUT2D eigenvalue weighted by atomic mass is 28.3. The lowest BCUT2D eigenvalue weighted by molar-refractivity contribution is 0.867. The second-order valence-electron chi connectivity index (χ2n) is 12.3. The first kappa shape index (κ1) is 28.1. The topological polar surface area (TPSA) is 0 Å². The minimum Gasteiger partial charge on any atom is -0.0801 e. The molecule has 0 radical (unpaired) electrons. The zero-order valence-electron chi connectivity index (χ0n) is 25.1. The van der Waals surface area contributed by atoms with Gasteiger partial charge in [-0.3, -0.25) is 0 Å². The highest BCUT2D eigenvalue weighted by molar-refractivity contribution is 7.16. The number of benzene rings is 4. The van der Waals surface area contributed by atoms with Crippen molar-refractivity contribution in [2.75, 3.05) is 0 Å². The molecule has 4 aromatic carbocycles. The molecule has 1 heteroatoms. The Hall–Kier alpha value is -3.42. The van der Waals surface area contributed by atoms with Crippen LogP contribution in [0.3, 0.4) is 0 Å². The number of hydrogen-bond donors (Lipinski definition) is 0. The summed E-state index contributed by atoms with van der Waals surface area (Å²) in [6.07, 6.45) is 7.04. The molecule has 0 unspecified atom stereocenters. The average molecular weight is 541 g/mol. The molecule has 204 valence electrons. The SMILES string of the molecule is CC(C)c1cccc([Si](C2=CCC=C2Cc2ccccc2)(c2cccc(C(C)C)c2)c2cccc(C(C)C)c2)c1. The zero-order valence-corrected chi connectivity index (χ0v) is 26.1. The first-order valence-electron chi connectivity index (χ1n) is 15.1. The van der Waals surface area contributed by atoms with Crippen LogP contribution in [-0.2, 0) is 6.42 Å². The first-order chi connectivity index (χ1) is 19.3. The van der Waals surface area contributed by atoms with Crippen LogP contribution in [0.15, 0.2) is 126 Å². The Morgan fingerprint density at radius 2 is 0.975 bits per heavy atom. The smallest absolute Gasteiger partial charge is 0.0801 e. The molecule has 0 spiro atoms. The van der Waals surface area contributed by atoms with Gasteiger partial charge in [0.2, 0.25) is 0 Å². The van der Waals surface area contributed by atoms with Crippen molar-refractivity contribution in [1.29, 1.82) is 0 Å². The van der Waals surface area contributed by atoms with Crippen LogP contribution < -0.4 is 15.6 Å². The van der Waals surface area contributed by atoms with Gasteiger partial charge in [-0.15, -0.1) is 0 Å². The Bertz CT molecular complexity index is 1390. The first-order valence-corrected chi connectivity index (χ1v) is 17.1. The van der Waals surface area contributed by atoms with E-state index < -0.39 is 8.07 Å². The third-order valence-corrected chi connectivity index (χ3v) is 13.5. The van der Waals surface area contributed by atoms with Crippen molar-refractivity contribution in [3.8, 4) is 0 Å². The summed E-state index contributed by atoms with van der Waals surface area (Å²) in [4.78, 5) is 0. The predicted octanol–water partition coefficient (Wildman–Crippen LogP) is 8.57. The summed E-state index contributed by atoms with van der Waals surface area (Å²) < 4.78 is 0. The van der Waals surface area contributed by atoms with Crippen LogP contribution in [-0.4, -0.2) is 8.07 Å². The van der Waals surface area contributed by atoms with Crippen molar-refractivity contribution in [3.05, 3.63) is 148 Å². The fourth-order valence-electron chi connectivity index (χ4n) is 6.30. The van der Waals surface area contributed by atoms with E-state index in [1.165, 1.54) is 43.4 Å². The molecule has 0 amide bonds. The van der Waals surface area contributed by atoms with Crippen molar-refractivity contribution < 1.29 is 0 Å². The van der Waals surface area contributed by atoms with Crippen LogP contribution >= 0.6 is 0 Å². The summed E-state index contributed by atoms with van der Waals surface area (Å²) in [5.74, 6) is 1.44. The van der Waals surface area contributed by atoms with Gasteiger partial charge in [0.05, 0.1) is 0 Å². The van der Waals surface area contributed by atoms with Gasteiger partial charge in [0.15, 0.2) is 8.07 Å². The molecule has 0 aliphatic heterocycles. The fraction of sp³-hybridized carbons (Fsp3) is 0.282. The van der Waals surface area contributed by atoms with Crippen LogP contribution in [0.2, 0.25) is 0 Å². The molecule has 1 aliphatic carbocycles. The monoisotopic (exact) mass is 540 g/mol. The molecule has 0 heterocycles. The van der Waals surface area contributed by atoms with Crippen molar-refractivity contribution in [2.45, 2.75) is 72.1 Å². The third kappa shape index (κ3) is 5.45. The lowest BCUT2D eigenvalue weighted by Gasteiger charge is -2.38. The normalized spacial score (nSPS) is 13.7. The van der Waals surface area contributed by atoms with E-state index in [1.54, 1.807) is 5.20 Å². The molecular formula is C39H44Si. The van der Waals surface area contributed by atoms with Crippen LogP contribution in [0.1, 0.15) is 88.0 Å². The molecule has 0 atom stereocenters. The maximum atomic E-state index is 2.57. The second-order valence-corrected chi connectivity index (χ2v) is 16.1. The van der Waals surface area contributed by atoms with Gasteiger partial charge in [-0.1, -0.05) is 157 Å². The lowest BCUT2D eigenvalue weighted by Crippen LogP contribution is -2.69. The molecule has 0 saturated heterocycles. The fourth-order valence-corrected chi connectivity index (χ4v) is 11.5. The van der Waals surface area contributed by atoms with E-state index in [4.69, 9.17) is 0 Å². The maximum Gasteiger partial charge on any atom is 0.179 e. The predicted molar refractivity (Wildman–Crippen MR) is 177 cm³/mol. The Labute approximate surface area is 243 Å². The highest BCUT2D eigenvalue weighted by Gasteiger charge is 2.45. The summed E-state index contributed by atoms with van der Waals surface area (Å²) in [5.41, 5.74) is 7.13. The van der Waals surface area contributed by atoms with Gasteiger partial charge in [0.25, 0.3) is 0 Å². The average Bonchev–Trinajstić information content (AvgIpc) is 3.42. The summed E-state index contributed by atoms with van der Waals surface area (Å²) in [5, 5.41) is 6.05. The van der Waals surface area contributed by atoms with Crippen molar-refractivity contribution in [3.63, 3.8) is 0 Å². The Balaban J connectivity index is 1.85. The van der Waals surface area contributed by atoms with E-state index in [9.17, 15) is 0 Å². The molecule has 5 rings (SSSR count). The number of hydrogen-bond acceptors (Lipinski definition) is 0. The van der Waals surface area contributed by atoms with Crippen molar-refractivity contribution >= 4 is 23.6 Å². The minimum absolute atomic E-state index is 0.479. The summed E-state index contributed by atoms with van der Waals surface area (Å²) in [7, 11) is -2.65. The molecule has 4 aromatic rings. The summed E-state index contributed by atoms with van der Waals surface area (Å²) in [6, 6.07) is 39.8. The molecule has 40 heavy (non-hydrogen) atoms. The van der Waals surface area contributed by atoms with Gasteiger partial charge in [-0.2, -0.15) is 0 Å². The Morgan fingerprint density at radius 1 is 0.525 bits per heavy atom. The largest absolute Gasteiger partial charge is 0.179 e. The van der Waals surface area contributed by atoms with E-state index in [2.05, 4.69) is 157 Å². The third-order valence-electron chi connectivity index (χ3n) is 8.63. The van der Waals surface area contributed by atoms with Crippen LogP contribution in [0.25, 0.3) is 0 Å².